The van der Waals surface area contributed by atoms with Crippen molar-refractivity contribution >= 4 is 28.6 Å². The zero-order chi connectivity index (χ0) is 28.7. The Bertz CT molecular complexity index is 1740. The van der Waals surface area contributed by atoms with Gasteiger partial charge in [0.1, 0.15) is 0 Å². The number of nitrogens with two attached hydrogens (primary N) is 1. The van der Waals surface area contributed by atoms with Crippen LogP contribution in [-0.2, 0) is 17.1 Å². The van der Waals surface area contributed by atoms with Crippen LogP contribution in [0.5, 0.6) is 0 Å². The molecule has 0 aliphatic heterocycles. The number of carbonyl (C=O) groups excluding carboxylic acids is 1. The first-order chi connectivity index (χ1) is 18.9. The van der Waals surface area contributed by atoms with E-state index in [0.29, 0.717) is 11.1 Å². The minimum absolute atomic E-state index is 0.0242. The number of para-hydroxylation sites is 1. The Hall–Kier alpha value is -5.00. The Labute approximate surface area is 222 Å². The quantitative estimate of drug-likeness (QED) is 0.194. The van der Waals surface area contributed by atoms with Crippen LogP contribution in [0.2, 0.25) is 0 Å². The van der Waals surface area contributed by atoms with Crippen molar-refractivity contribution in [3.05, 3.63) is 102 Å². The van der Waals surface area contributed by atoms with Gasteiger partial charge in [0.15, 0.2) is 11.6 Å². The number of hydrogen-bond acceptors (Lipinski definition) is 4. The molecule has 0 fully saturated rings. The summed E-state index contributed by atoms with van der Waals surface area (Å²) in [6, 6.07) is 17.0. The molecule has 0 saturated carbocycles. The third-order valence-electron chi connectivity index (χ3n) is 5.99. The number of carbonyl (C=O) groups is 1. The topological polar surface area (TPSA) is 86.7 Å². The lowest BCUT2D eigenvalue weighted by Crippen LogP contribution is -2.14. The average Bonchev–Trinajstić information content (AvgIpc) is 3.34. The third kappa shape index (κ3) is 5.41. The molecule has 2 heterocycles. The van der Waals surface area contributed by atoms with Crippen LogP contribution < -0.4 is 5.73 Å². The van der Waals surface area contributed by atoms with E-state index in [1.54, 1.807) is 30.3 Å². The van der Waals surface area contributed by atoms with Crippen LogP contribution in [0.15, 0.2) is 85.1 Å². The smallest absolute Gasteiger partial charge is 0.366 e. The maximum atomic E-state index is 13.1. The van der Waals surface area contributed by atoms with Crippen LogP contribution in [0.3, 0.4) is 0 Å². The summed E-state index contributed by atoms with van der Waals surface area (Å²) in [7, 11) is 0. The summed E-state index contributed by atoms with van der Waals surface area (Å²) in [5.41, 5.74) is 5.30. The van der Waals surface area contributed by atoms with Crippen molar-refractivity contribution in [2.75, 3.05) is 0 Å². The highest BCUT2D eigenvalue weighted by molar-refractivity contribution is 6.22. The van der Waals surface area contributed by atoms with E-state index in [-0.39, 0.29) is 28.3 Å². The van der Waals surface area contributed by atoms with Crippen molar-refractivity contribution < 1.29 is 31.1 Å². The maximum absolute atomic E-state index is 13.1. The van der Waals surface area contributed by atoms with Crippen LogP contribution in [0.25, 0.3) is 45.5 Å². The molecule has 202 valence electrons. The monoisotopic (exact) mass is 553 g/mol. The normalized spacial score (nSPS) is 12.6. The van der Waals surface area contributed by atoms with Crippen molar-refractivity contribution in [3.63, 3.8) is 0 Å². The summed E-state index contributed by atoms with van der Waals surface area (Å²) >= 11 is 0. The Morgan fingerprint density at radius 3 is 1.95 bits per heavy atom. The van der Waals surface area contributed by atoms with E-state index in [0.717, 1.165) is 34.3 Å². The van der Waals surface area contributed by atoms with Gasteiger partial charge >= 0.3 is 12.4 Å². The Balaban J connectivity index is 1.65. The van der Waals surface area contributed by atoms with Gasteiger partial charge in [-0.25, -0.2) is 9.67 Å². The number of amides is 1. The number of pyridine rings is 1. The van der Waals surface area contributed by atoms with Crippen molar-refractivity contribution in [3.8, 4) is 22.8 Å². The third-order valence-corrected chi connectivity index (χ3v) is 5.99. The van der Waals surface area contributed by atoms with Gasteiger partial charge in [0.25, 0.3) is 5.91 Å². The first-order valence-corrected chi connectivity index (χ1v) is 11.6. The lowest BCUT2D eigenvalue weighted by molar-refractivity contribution is -0.138. The minimum atomic E-state index is -4.57. The molecule has 0 unspecified atom stereocenters. The van der Waals surface area contributed by atoms with Crippen LogP contribution in [0.1, 0.15) is 16.7 Å². The predicted octanol–water partition coefficient (Wildman–Crippen LogP) is 6.68. The number of hydrogen-bond donors (Lipinski definition) is 1. The summed E-state index contributed by atoms with van der Waals surface area (Å²) in [4.78, 5) is 21.2. The van der Waals surface area contributed by atoms with Crippen molar-refractivity contribution in [2.24, 2.45) is 5.73 Å². The van der Waals surface area contributed by atoms with Gasteiger partial charge in [-0.2, -0.15) is 26.3 Å². The summed E-state index contributed by atoms with van der Waals surface area (Å²) < 4.78 is 79.6. The first kappa shape index (κ1) is 26.6. The summed E-state index contributed by atoms with van der Waals surface area (Å²) in [6.07, 6.45) is -6.43. The molecule has 6 nitrogen and oxygen atoms in total. The number of primary amides is 1. The lowest BCUT2D eigenvalue weighted by Gasteiger charge is -2.09. The molecular weight excluding hydrogens is 536 g/mol. The molecule has 1 amide bonds. The molecule has 0 radical (unpaired) electrons. The van der Waals surface area contributed by atoms with Crippen molar-refractivity contribution in [1.82, 2.24) is 19.7 Å². The molecule has 0 atom stereocenters. The number of nitrogens with zero attached hydrogens (tertiary/aromatic N) is 4. The van der Waals surface area contributed by atoms with Crippen LogP contribution >= 0.6 is 0 Å². The molecule has 5 rings (SSSR count). The highest BCUT2D eigenvalue weighted by atomic mass is 19.4. The standard InChI is InChI=1S/C28H17F6N5O/c29-27(30,31)20-9-5-16(6-10-20)25-37-26(17-7-11-21(12-8-17)28(32,33)34)39(38-25)15-22(24(35)40)19-13-18-3-1-2-4-23(18)36-14-19/h1-15H,(H2,35,40). The van der Waals surface area contributed by atoms with Gasteiger partial charge in [-0.15, -0.1) is 5.10 Å². The van der Waals surface area contributed by atoms with Crippen molar-refractivity contribution in [2.45, 2.75) is 12.4 Å². The van der Waals surface area contributed by atoms with E-state index in [4.69, 9.17) is 5.73 Å². The molecule has 0 aliphatic carbocycles. The molecule has 2 N–H and O–H groups in total. The van der Waals surface area contributed by atoms with Crippen LogP contribution in [0, 0.1) is 0 Å². The predicted molar refractivity (Wildman–Crippen MR) is 136 cm³/mol. The zero-order valence-electron chi connectivity index (χ0n) is 20.2. The van der Waals surface area contributed by atoms with E-state index in [2.05, 4.69) is 15.1 Å². The number of alkyl halides is 6. The summed E-state index contributed by atoms with van der Waals surface area (Å²) in [5, 5.41) is 5.05. The van der Waals surface area contributed by atoms with E-state index < -0.39 is 29.4 Å². The minimum Gasteiger partial charge on any atom is -0.366 e. The second-order valence-corrected chi connectivity index (χ2v) is 8.68. The largest absolute Gasteiger partial charge is 0.416 e. The molecule has 5 aromatic rings. The number of fused-ring (bicyclic) bond motifs is 1. The van der Waals surface area contributed by atoms with Gasteiger partial charge in [-0.05, 0) is 36.4 Å². The van der Waals surface area contributed by atoms with E-state index in [9.17, 15) is 31.1 Å². The molecule has 40 heavy (non-hydrogen) atoms. The average molecular weight is 553 g/mol. The maximum Gasteiger partial charge on any atom is 0.416 e. The summed E-state index contributed by atoms with van der Waals surface area (Å²) in [6.45, 7) is 0. The highest BCUT2D eigenvalue weighted by Crippen LogP contribution is 2.33. The molecule has 3 aromatic carbocycles. The number of rotatable bonds is 5. The van der Waals surface area contributed by atoms with Crippen LogP contribution in [0.4, 0.5) is 26.3 Å². The second-order valence-electron chi connectivity index (χ2n) is 8.68. The van der Waals surface area contributed by atoms with Crippen molar-refractivity contribution in [1.29, 1.82) is 0 Å². The second kappa shape index (κ2) is 9.95. The Morgan fingerprint density at radius 2 is 1.38 bits per heavy atom. The van der Waals surface area contributed by atoms with E-state index >= 15 is 0 Å². The van der Waals surface area contributed by atoms with E-state index in [1.807, 2.05) is 0 Å². The SMILES string of the molecule is NC(=O)C(=Cn1nc(-c2ccc(C(F)(F)F)cc2)nc1-c1ccc(C(F)(F)F)cc1)c1cnc2ccccc2c1. The van der Waals surface area contributed by atoms with Gasteiger partial charge in [0.05, 0.1) is 22.2 Å². The highest BCUT2D eigenvalue weighted by Gasteiger charge is 2.31. The number of benzene rings is 3. The molecule has 2 aromatic heterocycles. The van der Waals surface area contributed by atoms with Crippen LogP contribution in [-0.4, -0.2) is 25.7 Å². The number of aromatic nitrogens is 4. The first-order valence-electron chi connectivity index (χ1n) is 11.6. The molecule has 0 saturated heterocycles. The summed E-state index contributed by atoms with van der Waals surface area (Å²) in [5.74, 6) is -0.849. The molecule has 12 heteroatoms. The molecule has 0 aliphatic rings. The fourth-order valence-electron chi connectivity index (χ4n) is 3.97. The Morgan fingerprint density at radius 1 is 0.800 bits per heavy atom. The fraction of sp³-hybridized carbons (Fsp3) is 0.0714. The molecule has 0 spiro atoms. The lowest BCUT2D eigenvalue weighted by atomic mass is 10.1. The zero-order valence-corrected chi connectivity index (χ0v) is 20.2. The molecule has 0 bridgehead atoms. The van der Waals surface area contributed by atoms with E-state index in [1.165, 1.54) is 36.7 Å². The fourth-order valence-corrected chi connectivity index (χ4v) is 3.97. The van der Waals surface area contributed by atoms with Gasteiger partial charge < -0.3 is 5.73 Å². The van der Waals surface area contributed by atoms with Gasteiger partial charge in [0.2, 0.25) is 0 Å². The van der Waals surface area contributed by atoms with Gasteiger partial charge in [0, 0.05) is 34.5 Å². The molecular formula is C28H17F6N5O. The van der Waals surface area contributed by atoms with Gasteiger partial charge in [-0.3, -0.25) is 9.78 Å². The Kier molecular flexibility index (Phi) is 6.62. The number of halogens is 6. The van der Waals surface area contributed by atoms with Gasteiger partial charge in [-0.1, -0.05) is 42.5 Å².